The second-order valence-corrected chi connectivity index (χ2v) is 9.40. The third kappa shape index (κ3) is 4.56. The van der Waals surface area contributed by atoms with Gasteiger partial charge in [0.15, 0.2) is 5.78 Å². The van der Waals surface area contributed by atoms with Gasteiger partial charge in [0.1, 0.15) is 17.2 Å². The fourth-order valence-corrected chi connectivity index (χ4v) is 5.35. The summed E-state index contributed by atoms with van der Waals surface area (Å²) in [5, 5.41) is 7.26. The van der Waals surface area contributed by atoms with Crippen LogP contribution in [0.4, 0.5) is 11.4 Å². The maximum Gasteiger partial charge on any atom is 0.163 e. The lowest BCUT2D eigenvalue weighted by molar-refractivity contribution is -0.116. The van der Waals surface area contributed by atoms with Gasteiger partial charge in [-0.25, -0.2) is 0 Å². The van der Waals surface area contributed by atoms with E-state index in [0.29, 0.717) is 12.8 Å². The third-order valence-corrected chi connectivity index (χ3v) is 7.06. The molecule has 2 aliphatic rings. The highest BCUT2D eigenvalue weighted by atomic mass is 16.5. The van der Waals surface area contributed by atoms with Gasteiger partial charge in [-0.1, -0.05) is 60.7 Å². The topological polar surface area (TPSA) is 59.6 Å². The van der Waals surface area contributed by atoms with Crippen molar-refractivity contribution in [3.8, 4) is 17.2 Å². The number of ketones is 1. The van der Waals surface area contributed by atoms with Crippen LogP contribution in [0.1, 0.15) is 35.9 Å². The average Bonchev–Trinajstić information content (AvgIpc) is 3.11. The van der Waals surface area contributed by atoms with E-state index in [1.165, 1.54) is 0 Å². The number of anilines is 2. The van der Waals surface area contributed by atoms with E-state index in [1.54, 1.807) is 7.11 Å². The number of carbonyl (C=O) groups is 1. The number of para-hydroxylation sites is 4. The fraction of sp³-hybridized carbons (Fsp3) is 0.156. The Bertz CT molecular complexity index is 1480. The fourth-order valence-electron chi connectivity index (χ4n) is 5.35. The molecule has 5 nitrogen and oxygen atoms in total. The zero-order chi connectivity index (χ0) is 25.2. The lowest BCUT2D eigenvalue weighted by Crippen LogP contribution is -2.27. The van der Waals surface area contributed by atoms with Gasteiger partial charge >= 0.3 is 0 Å². The molecule has 0 fully saturated rings. The van der Waals surface area contributed by atoms with Gasteiger partial charge in [-0.05, 0) is 60.0 Å². The molecule has 0 aromatic heterocycles. The van der Waals surface area contributed by atoms with E-state index >= 15 is 0 Å². The van der Waals surface area contributed by atoms with Crippen molar-refractivity contribution < 1.29 is 14.3 Å². The minimum atomic E-state index is -0.309. The monoisotopic (exact) mass is 488 g/mol. The van der Waals surface area contributed by atoms with Crippen molar-refractivity contribution in [3.05, 3.63) is 126 Å². The first-order valence-electron chi connectivity index (χ1n) is 12.5. The highest BCUT2D eigenvalue weighted by molar-refractivity contribution is 6.01. The predicted molar refractivity (Wildman–Crippen MR) is 146 cm³/mol. The van der Waals surface area contributed by atoms with Gasteiger partial charge < -0.3 is 20.1 Å². The standard InChI is InChI=1S/C32H28N2O3/c1-36-30-17-8-5-14-25(30)22-19-28-31(29(35)20-22)32(34-27-16-7-6-15-26(27)33-28)21-10-9-13-24(18-21)37-23-11-3-2-4-12-23/h2-18,22,32-34H,19-20H2,1H3. The summed E-state index contributed by atoms with van der Waals surface area (Å²) in [7, 11) is 1.68. The van der Waals surface area contributed by atoms with Crippen LogP contribution in [0, 0.1) is 0 Å². The molecule has 0 radical (unpaired) electrons. The van der Waals surface area contributed by atoms with Crippen molar-refractivity contribution in [2.45, 2.75) is 24.8 Å². The number of fused-ring (bicyclic) bond motifs is 1. The van der Waals surface area contributed by atoms with Crippen LogP contribution in [-0.2, 0) is 4.79 Å². The minimum absolute atomic E-state index is 0.0357. The molecule has 0 spiro atoms. The Morgan fingerprint density at radius 2 is 1.49 bits per heavy atom. The Morgan fingerprint density at radius 3 is 2.32 bits per heavy atom. The zero-order valence-corrected chi connectivity index (χ0v) is 20.6. The summed E-state index contributed by atoms with van der Waals surface area (Å²) in [4.78, 5) is 13.9. The van der Waals surface area contributed by atoms with Crippen LogP contribution in [0.25, 0.3) is 0 Å². The molecule has 37 heavy (non-hydrogen) atoms. The summed E-state index contributed by atoms with van der Waals surface area (Å²) in [5.41, 5.74) is 5.68. The molecule has 0 amide bonds. The molecule has 4 aromatic rings. The number of benzene rings is 4. The second kappa shape index (κ2) is 9.86. The molecule has 5 heteroatoms. The van der Waals surface area contributed by atoms with Gasteiger partial charge in [0.25, 0.3) is 0 Å². The van der Waals surface area contributed by atoms with Gasteiger partial charge in [-0.15, -0.1) is 0 Å². The maximum atomic E-state index is 13.9. The molecule has 6 rings (SSSR count). The van der Waals surface area contributed by atoms with Crippen LogP contribution in [0.5, 0.6) is 17.2 Å². The number of hydrogen-bond acceptors (Lipinski definition) is 5. The van der Waals surface area contributed by atoms with E-state index < -0.39 is 0 Å². The van der Waals surface area contributed by atoms with Crippen molar-refractivity contribution in [3.63, 3.8) is 0 Å². The number of carbonyl (C=O) groups excluding carboxylic acids is 1. The molecular formula is C32H28N2O3. The van der Waals surface area contributed by atoms with Crippen molar-refractivity contribution in [1.82, 2.24) is 0 Å². The van der Waals surface area contributed by atoms with Crippen LogP contribution in [0.15, 0.2) is 114 Å². The first-order chi connectivity index (χ1) is 18.2. The molecule has 2 unspecified atom stereocenters. The van der Waals surface area contributed by atoms with Crippen LogP contribution in [0.3, 0.4) is 0 Å². The largest absolute Gasteiger partial charge is 0.496 e. The maximum absolute atomic E-state index is 13.9. The normalized spacial score (nSPS) is 18.6. The minimum Gasteiger partial charge on any atom is -0.496 e. The van der Waals surface area contributed by atoms with E-state index in [9.17, 15) is 4.79 Å². The number of rotatable bonds is 5. The van der Waals surface area contributed by atoms with Crippen molar-refractivity contribution in [2.75, 3.05) is 17.7 Å². The van der Waals surface area contributed by atoms with Crippen molar-refractivity contribution in [1.29, 1.82) is 0 Å². The first-order valence-corrected chi connectivity index (χ1v) is 12.5. The van der Waals surface area contributed by atoms with Crippen molar-refractivity contribution in [2.24, 2.45) is 0 Å². The quantitative estimate of drug-likeness (QED) is 0.305. The van der Waals surface area contributed by atoms with Gasteiger partial charge in [0, 0.05) is 23.6 Å². The lowest BCUT2D eigenvalue weighted by Gasteiger charge is -2.30. The van der Waals surface area contributed by atoms with E-state index in [2.05, 4.69) is 16.7 Å². The summed E-state index contributed by atoms with van der Waals surface area (Å²) in [6, 6.07) is 33.5. The van der Waals surface area contributed by atoms with Gasteiger partial charge in [0.05, 0.1) is 24.5 Å². The molecule has 184 valence electrons. The van der Waals surface area contributed by atoms with Crippen LogP contribution >= 0.6 is 0 Å². The van der Waals surface area contributed by atoms with Crippen LogP contribution < -0.4 is 20.1 Å². The summed E-state index contributed by atoms with van der Waals surface area (Å²) < 4.78 is 11.7. The van der Waals surface area contributed by atoms with Crippen molar-refractivity contribution >= 4 is 17.2 Å². The number of nitrogens with one attached hydrogen (secondary N) is 2. The molecule has 2 N–H and O–H groups in total. The summed E-state index contributed by atoms with van der Waals surface area (Å²) >= 11 is 0. The van der Waals surface area contributed by atoms with Gasteiger partial charge in [-0.3, -0.25) is 4.79 Å². The van der Waals surface area contributed by atoms with Crippen LogP contribution in [0.2, 0.25) is 0 Å². The zero-order valence-electron chi connectivity index (χ0n) is 20.6. The second-order valence-electron chi connectivity index (χ2n) is 9.40. The highest BCUT2D eigenvalue weighted by Gasteiger charge is 2.36. The molecule has 1 aliphatic carbocycles. The number of allylic oxidation sites excluding steroid dienone is 1. The SMILES string of the molecule is COc1ccccc1C1CC(=O)C2=C(C1)Nc1ccccc1NC2c1cccc(Oc2ccccc2)c1. The average molecular weight is 489 g/mol. The number of ether oxygens (including phenoxy) is 2. The molecule has 0 saturated carbocycles. The first kappa shape index (κ1) is 22.9. The molecule has 1 aliphatic heterocycles. The Labute approximate surface area is 216 Å². The molecular weight excluding hydrogens is 460 g/mol. The number of Topliss-reactive ketones (excluding diaryl/α,β-unsaturated/α-hetero) is 1. The van der Waals surface area contributed by atoms with Gasteiger partial charge in [0.2, 0.25) is 0 Å². The predicted octanol–water partition coefficient (Wildman–Crippen LogP) is 7.47. The summed E-state index contributed by atoms with van der Waals surface area (Å²) in [5.74, 6) is 2.48. The summed E-state index contributed by atoms with van der Waals surface area (Å²) in [6.07, 6.45) is 1.14. The molecule has 0 saturated heterocycles. The van der Waals surface area contributed by atoms with E-state index in [0.717, 1.165) is 51.0 Å². The van der Waals surface area contributed by atoms with Gasteiger partial charge in [-0.2, -0.15) is 0 Å². The Balaban J connectivity index is 1.41. The summed E-state index contributed by atoms with van der Waals surface area (Å²) in [6.45, 7) is 0. The number of hydrogen-bond donors (Lipinski definition) is 2. The Hall–Kier alpha value is -4.51. The number of methoxy groups -OCH3 is 1. The lowest BCUT2D eigenvalue weighted by atomic mass is 9.78. The van der Waals surface area contributed by atoms with E-state index in [-0.39, 0.29) is 17.7 Å². The van der Waals surface area contributed by atoms with Crippen LogP contribution in [-0.4, -0.2) is 12.9 Å². The molecule has 0 bridgehead atoms. The molecule has 1 heterocycles. The Kier molecular flexibility index (Phi) is 6.11. The molecule has 2 atom stereocenters. The third-order valence-electron chi connectivity index (χ3n) is 7.06. The van der Waals surface area contributed by atoms with E-state index in [4.69, 9.17) is 9.47 Å². The molecule has 4 aromatic carbocycles. The highest BCUT2D eigenvalue weighted by Crippen LogP contribution is 2.46. The Morgan fingerprint density at radius 1 is 0.757 bits per heavy atom. The smallest absolute Gasteiger partial charge is 0.163 e. The van der Waals surface area contributed by atoms with E-state index in [1.807, 2.05) is 97.1 Å².